The van der Waals surface area contributed by atoms with Crippen molar-refractivity contribution in [3.05, 3.63) is 59.9 Å². The first-order valence-electron chi connectivity index (χ1n) is 11.0. The van der Waals surface area contributed by atoms with E-state index >= 15 is 0 Å². The summed E-state index contributed by atoms with van der Waals surface area (Å²) in [4.78, 5) is 20.0. The molecule has 2 bridgehead atoms. The number of rotatable bonds is 1. The van der Waals surface area contributed by atoms with Gasteiger partial charge in [0.1, 0.15) is 23.6 Å². The van der Waals surface area contributed by atoms with Gasteiger partial charge in [0, 0.05) is 19.6 Å². The Labute approximate surface area is 186 Å². The maximum absolute atomic E-state index is 13.1. The molecule has 2 aliphatic heterocycles. The van der Waals surface area contributed by atoms with Crippen LogP contribution in [0, 0.1) is 0 Å². The molecule has 0 radical (unpaired) electrons. The van der Waals surface area contributed by atoms with Crippen LogP contribution in [0.15, 0.2) is 48.8 Å². The maximum Gasteiger partial charge on any atom is 0.260 e. The maximum atomic E-state index is 13.1. The van der Waals surface area contributed by atoms with Crippen LogP contribution in [0.2, 0.25) is 0 Å². The molecular weight excluding hydrogens is 404 g/mol. The number of carbonyl (C=O) groups is 1. The molecule has 0 atom stereocenters. The number of fused-ring (bicyclic) bond motifs is 5. The Hall–Kier alpha value is -3.52. The normalized spacial score (nSPS) is 17.3. The number of ether oxygens (including phenoxy) is 1. The van der Waals surface area contributed by atoms with Crippen molar-refractivity contribution >= 4 is 17.3 Å². The lowest BCUT2D eigenvalue weighted by Gasteiger charge is -2.22. The minimum Gasteiger partial charge on any atom is -0.493 e. The summed E-state index contributed by atoms with van der Waals surface area (Å²) in [6.07, 6.45) is 6.71. The van der Waals surface area contributed by atoms with Crippen LogP contribution < -0.4 is 10.1 Å². The lowest BCUT2D eigenvalue weighted by Crippen LogP contribution is -2.23. The van der Waals surface area contributed by atoms with E-state index in [1.807, 2.05) is 34.9 Å². The molecule has 0 fully saturated rings. The van der Waals surface area contributed by atoms with Gasteiger partial charge >= 0.3 is 0 Å². The fourth-order valence-electron chi connectivity index (χ4n) is 4.06. The highest BCUT2D eigenvalue weighted by atomic mass is 16.5. The number of benzene rings is 1. The van der Waals surface area contributed by atoms with Gasteiger partial charge in [0.2, 0.25) is 0 Å². The summed E-state index contributed by atoms with van der Waals surface area (Å²) in [6.45, 7) is 3.27. The highest BCUT2D eigenvalue weighted by Crippen LogP contribution is 2.29. The Bertz CT molecular complexity index is 1170. The predicted octanol–water partition coefficient (Wildman–Crippen LogP) is 3.48. The van der Waals surface area contributed by atoms with Gasteiger partial charge in [-0.05, 0) is 61.7 Å². The van der Waals surface area contributed by atoms with Crippen LogP contribution in [0.5, 0.6) is 5.75 Å². The number of hydrogen-bond donors (Lipinski definition) is 1. The Morgan fingerprint density at radius 1 is 1.12 bits per heavy atom. The fraction of sp³-hybridized carbons (Fsp3) is 0.333. The van der Waals surface area contributed by atoms with E-state index in [1.54, 1.807) is 12.4 Å². The molecule has 0 saturated heterocycles. The standard InChI is InChI=1S/C24H26N6O2/c1-29-12-9-17(10-13-29)18-7-8-19-21(15-18)32-14-3-2-11-30-16-25-28-23(30)20-5-4-6-22(26-20)27-24(19)31/h4-9,15-16H,2-3,10-14H2,1H3,(H,26,27,31). The SMILES string of the molecule is CN1CC=C(c2ccc3c(c2)OCCCCn2cnnc2-c2cccc(n2)NC3=O)CC1. The van der Waals surface area contributed by atoms with E-state index in [9.17, 15) is 4.79 Å². The number of likely N-dealkylation sites (N-methyl/N-ethyl adjacent to an activating group) is 1. The molecule has 4 heterocycles. The van der Waals surface area contributed by atoms with Gasteiger partial charge in [0.05, 0.1) is 12.2 Å². The number of aromatic nitrogens is 4. The third-order valence-electron chi connectivity index (χ3n) is 5.90. The Balaban J connectivity index is 1.48. The van der Waals surface area contributed by atoms with E-state index in [-0.39, 0.29) is 5.91 Å². The van der Waals surface area contributed by atoms with Crippen molar-refractivity contribution in [3.8, 4) is 17.3 Å². The molecule has 1 N–H and O–H groups in total. The average molecular weight is 431 g/mol. The van der Waals surface area contributed by atoms with Gasteiger partial charge in [0.15, 0.2) is 5.82 Å². The summed E-state index contributed by atoms with van der Waals surface area (Å²) < 4.78 is 8.11. The zero-order valence-electron chi connectivity index (χ0n) is 18.1. The molecule has 3 aromatic rings. The molecule has 0 unspecified atom stereocenters. The van der Waals surface area contributed by atoms with Gasteiger partial charge in [-0.1, -0.05) is 18.2 Å². The second kappa shape index (κ2) is 8.92. The monoisotopic (exact) mass is 430 g/mol. The van der Waals surface area contributed by atoms with E-state index in [0.29, 0.717) is 35.3 Å². The second-order valence-electron chi connectivity index (χ2n) is 8.22. The smallest absolute Gasteiger partial charge is 0.260 e. The number of hydrogen-bond acceptors (Lipinski definition) is 6. The Morgan fingerprint density at radius 2 is 2.06 bits per heavy atom. The van der Waals surface area contributed by atoms with Crippen molar-refractivity contribution < 1.29 is 9.53 Å². The average Bonchev–Trinajstić information content (AvgIpc) is 3.27. The lowest BCUT2D eigenvalue weighted by atomic mass is 9.97. The van der Waals surface area contributed by atoms with E-state index in [4.69, 9.17) is 4.74 Å². The Morgan fingerprint density at radius 3 is 2.94 bits per heavy atom. The molecule has 2 aliphatic rings. The molecule has 1 aromatic carbocycles. The summed E-state index contributed by atoms with van der Waals surface area (Å²) in [6, 6.07) is 11.4. The van der Waals surface area contributed by atoms with Crippen molar-refractivity contribution in [1.82, 2.24) is 24.6 Å². The summed E-state index contributed by atoms with van der Waals surface area (Å²) >= 11 is 0. The van der Waals surface area contributed by atoms with E-state index in [1.165, 1.54) is 5.57 Å². The van der Waals surface area contributed by atoms with Crippen molar-refractivity contribution in [2.24, 2.45) is 0 Å². The van der Waals surface area contributed by atoms with Crippen molar-refractivity contribution in [1.29, 1.82) is 0 Å². The summed E-state index contributed by atoms with van der Waals surface area (Å²) in [5.74, 6) is 1.52. The summed E-state index contributed by atoms with van der Waals surface area (Å²) in [5.41, 5.74) is 3.59. The predicted molar refractivity (Wildman–Crippen MR) is 122 cm³/mol. The first kappa shape index (κ1) is 20.4. The van der Waals surface area contributed by atoms with E-state index < -0.39 is 0 Å². The van der Waals surface area contributed by atoms with Gasteiger partial charge in [-0.25, -0.2) is 4.98 Å². The van der Waals surface area contributed by atoms with Gasteiger partial charge in [-0.2, -0.15) is 0 Å². The third kappa shape index (κ3) is 4.27. The highest BCUT2D eigenvalue weighted by Gasteiger charge is 2.18. The van der Waals surface area contributed by atoms with Crippen LogP contribution in [-0.4, -0.2) is 57.3 Å². The zero-order valence-corrected chi connectivity index (χ0v) is 18.1. The van der Waals surface area contributed by atoms with Crippen LogP contribution in [0.25, 0.3) is 17.1 Å². The highest BCUT2D eigenvalue weighted by molar-refractivity contribution is 6.06. The third-order valence-corrected chi connectivity index (χ3v) is 5.90. The molecule has 0 saturated carbocycles. The Kier molecular flexibility index (Phi) is 5.68. The first-order chi connectivity index (χ1) is 15.7. The number of carbonyl (C=O) groups excluding carboxylic acids is 1. The fourth-order valence-corrected chi connectivity index (χ4v) is 4.06. The molecule has 5 rings (SSSR count). The van der Waals surface area contributed by atoms with Gasteiger partial charge < -0.3 is 19.5 Å². The molecule has 8 heteroatoms. The molecule has 164 valence electrons. The van der Waals surface area contributed by atoms with Gasteiger partial charge in [-0.15, -0.1) is 10.2 Å². The molecule has 0 spiro atoms. The largest absolute Gasteiger partial charge is 0.493 e. The molecule has 1 amide bonds. The van der Waals surface area contributed by atoms with Crippen molar-refractivity contribution in [2.75, 3.05) is 32.1 Å². The van der Waals surface area contributed by atoms with E-state index in [2.05, 4.69) is 38.5 Å². The van der Waals surface area contributed by atoms with Crippen LogP contribution in [0.4, 0.5) is 5.82 Å². The van der Waals surface area contributed by atoms with Gasteiger partial charge in [0.25, 0.3) is 5.91 Å². The van der Waals surface area contributed by atoms with E-state index in [0.717, 1.165) is 44.5 Å². The topological polar surface area (TPSA) is 85.2 Å². The van der Waals surface area contributed by atoms with Crippen molar-refractivity contribution in [3.63, 3.8) is 0 Å². The molecule has 8 nitrogen and oxygen atoms in total. The summed E-state index contributed by atoms with van der Waals surface area (Å²) in [7, 11) is 2.12. The summed E-state index contributed by atoms with van der Waals surface area (Å²) in [5, 5.41) is 11.2. The number of amides is 1. The minimum atomic E-state index is -0.243. The van der Waals surface area contributed by atoms with Crippen LogP contribution in [-0.2, 0) is 6.54 Å². The van der Waals surface area contributed by atoms with Crippen LogP contribution in [0.1, 0.15) is 35.2 Å². The molecular formula is C24H26N6O2. The quantitative estimate of drug-likeness (QED) is 0.636. The second-order valence-corrected chi connectivity index (χ2v) is 8.22. The molecule has 32 heavy (non-hydrogen) atoms. The molecule has 2 aromatic heterocycles. The number of anilines is 1. The first-order valence-corrected chi connectivity index (χ1v) is 11.0. The number of aryl methyl sites for hydroxylation is 1. The van der Waals surface area contributed by atoms with Crippen molar-refractivity contribution in [2.45, 2.75) is 25.8 Å². The lowest BCUT2D eigenvalue weighted by molar-refractivity contribution is 0.102. The minimum absolute atomic E-state index is 0.243. The zero-order chi connectivity index (χ0) is 21.9. The number of nitrogens with zero attached hydrogens (tertiary/aromatic N) is 5. The van der Waals surface area contributed by atoms with Crippen LogP contribution >= 0.6 is 0 Å². The van der Waals surface area contributed by atoms with Gasteiger partial charge in [-0.3, -0.25) is 4.79 Å². The molecule has 0 aliphatic carbocycles. The van der Waals surface area contributed by atoms with Crippen LogP contribution in [0.3, 0.4) is 0 Å². The number of pyridine rings is 1. The number of nitrogens with one attached hydrogen (secondary N) is 1.